The number of carbonyl (C=O) groups is 1. The van der Waals surface area contributed by atoms with Crippen molar-refractivity contribution in [3.8, 4) is 0 Å². The van der Waals surface area contributed by atoms with E-state index >= 15 is 0 Å². The third-order valence-electron chi connectivity index (χ3n) is 5.06. The highest BCUT2D eigenvalue weighted by atomic mass is 16.3. The standard InChI is InChI=1S/C21H22N2O2/c24-15-17-9-6-12-23(17)21(25)19-14-22(13-16-7-2-1-3-8-16)20-11-5-4-10-18(19)20/h1-5,7-8,10-11,14,17,24H,6,9,12-13,15H2/t17-/m1/s1. The second-order valence-corrected chi connectivity index (χ2v) is 6.65. The number of aliphatic hydroxyl groups is 1. The van der Waals surface area contributed by atoms with Gasteiger partial charge in [-0.05, 0) is 24.5 Å². The lowest BCUT2D eigenvalue weighted by atomic mass is 10.1. The maximum Gasteiger partial charge on any atom is 0.256 e. The van der Waals surface area contributed by atoms with Crippen LogP contribution in [0.5, 0.6) is 0 Å². The molecule has 1 aliphatic rings. The molecule has 4 rings (SSSR count). The predicted molar refractivity (Wildman–Crippen MR) is 98.6 cm³/mol. The molecule has 1 aliphatic heterocycles. The Labute approximate surface area is 147 Å². The lowest BCUT2D eigenvalue weighted by Crippen LogP contribution is -2.37. The van der Waals surface area contributed by atoms with E-state index in [2.05, 4.69) is 22.8 Å². The van der Waals surface area contributed by atoms with Crippen LogP contribution in [0.25, 0.3) is 10.9 Å². The van der Waals surface area contributed by atoms with Gasteiger partial charge >= 0.3 is 0 Å². The van der Waals surface area contributed by atoms with E-state index < -0.39 is 0 Å². The first-order valence-corrected chi connectivity index (χ1v) is 8.81. The molecule has 0 aliphatic carbocycles. The van der Waals surface area contributed by atoms with Gasteiger partial charge in [-0.3, -0.25) is 4.79 Å². The summed E-state index contributed by atoms with van der Waals surface area (Å²) >= 11 is 0. The molecule has 0 bridgehead atoms. The van der Waals surface area contributed by atoms with Gasteiger partial charge < -0.3 is 14.6 Å². The van der Waals surface area contributed by atoms with Crippen LogP contribution in [0, 0.1) is 0 Å². The number of likely N-dealkylation sites (tertiary alicyclic amines) is 1. The van der Waals surface area contributed by atoms with Gasteiger partial charge in [0.1, 0.15) is 0 Å². The third kappa shape index (κ3) is 2.94. The van der Waals surface area contributed by atoms with Crippen molar-refractivity contribution in [1.82, 2.24) is 9.47 Å². The highest BCUT2D eigenvalue weighted by Crippen LogP contribution is 2.27. The van der Waals surface area contributed by atoms with Gasteiger partial charge in [0.05, 0.1) is 18.2 Å². The SMILES string of the molecule is O=C(c1cn(Cc2ccccc2)c2ccccc12)N1CCC[C@@H]1CO. The highest BCUT2D eigenvalue weighted by molar-refractivity contribution is 6.07. The number of hydrogen-bond acceptors (Lipinski definition) is 2. The average molecular weight is 334 g/mol. The van der Waals surface area contributed by atoms with Gasteiger partial charge in [0.15, 0.2) is 0 Å². The van der Waals surface area contributed by atoms with E-state index in [4.69, 9.17) is 0 Å². The Balaban J connectivity index is 1.73. The molecule has 128 valence electrons. The number of benzene rings is 2. The van der Waals surface area contributed by atoms with Crippen LogP contribution in [0.4, 0.5) is 0 Å². The van der Waals surface area contributed by atoms with Crippen molar-refractivity contribution >= 4 is 16.8 Å². The Morgan fingerprint density at radius 2 is 1.84 bits per heavy atom. The first-order chi connectivity index (χ1) is 12.3. The van der Waals surface area contributed by atoms with Gasteiger partial charge in [0.25, 0.3) is 5.91 Å². The van der Waals surface area contributed by atoms with E-state index in [-0.39, 0.29) is 18.6 Å². The summed E-state index contributed by atoms with van der Waals surface area (Å²) < 4.78 is 2.14. The van der Waals surface area contributed by atoms with E-state index in [0.29, 0.717) is 0 Å². The normalized spacial score (nSPS) is 17.3. The van der Waals surface area contributed by atoms with Crippen LogP contribution >= 0.6 is 0 Å². The molecule has 4 heteroatoms. The molecule has 2 heterocycles. The summed E-state index contributed by atoms with van der Waals surface area (Å²) in [5, 5.41) is 10.5. The fourth-order valence-corrected chi connectivity index (χ4v) is 3.78. The van der Waals surface area contributed by atoms with Crippen molar-refractivity contribution in [1.29, 1.82) is 0 Å². The highest BCUT2D eigenvalue weighted by Gasteiger charge is 2.30. The van der Waals surface area contributed by atoms with Crippen molar-refractivity contribution < 1.29 is 9.90 Å². The topological polar surface area (TPSA) is 45.5 Å². The first-order valence-electron chi connectivity index (χ1n) is 8.81. The molecule has 0 unspecified atom stereocenters. The van der Waals surface area contributed by atoms with Crippen LogP contribution in [-0.2, 0) is 6.54 Å². The van der Waals surface area contributed by atoms with E-state index in [1.54, 1.807) is 0 Å². The van der Waals surface area contributed by atoms with Crippen molar-refractivity contribution in [2.45, 2.75) is 25.4 Å². The second-order valence-electron chi connectivity index (χ2n) is 6.65. The maximum atomic E-state index is 13.1. The number of aliphatic hydroxyl groups excluding tert-OH is 1. The van der Waals surface area contributed by atoms with Crippen LogP contribution in [0.1, 0.15) is 28.8 Å². The molecule has 25 heavy (non-hydrogen) atoms. The quantitative estimate of drug-likeness (QED) is 0.796. The van der Waals surface area contributed by atoms with Crippen LogP contribution in [0.2, 0.25) is 0 Å². The zero-order chi connectivity index (χ0) is 17.2. The minimum absolute atomic E-state index is 0.0274. The third-order valence-corrected chi connectivity index (χ3v) is 5.06. The smallest absolute Gasteiger partial charge is 0.256 e. The summed E-state index contributed by atoms with van der Waals surface area (Å²) in [6, 6.07) is 18.3. The molecular formula is C21H22N2O2. The van der Waals surface area contributed by atoms with Gasteiger partial charge in [-0.1, -0.05) is 48.5 Å². The molecule has 1 saturated heterocycles. The lowest BCUT2D eigenvalue weighted by molar-refractivity contribution is 0.0679. The molecule has 2 aromatic carbocycles. The molecule has 0 spiro atoms. The lowest BCUT2D eigenvalue weighted by Gasteiger charge is -2.22. The summed E-state index contributed by atoms with van der Waals surface area (Å²) in [5.74, 6) is 0.0274. The molecule has 1 N–H and O–H groups in total. The number of fused-ring (bicyclic) bond motifs is 1. The molecule has 0 radical (unpaired) electrons. The van der Waals surface area contributed by atoms with Crippen LogP contribution in [0.3, 0.4) is 0 Å². The van der Waals surface area contributed by atoms with Crippen molar-refractivity contribution in [3.63, 3.8) is 0 Å². The summed E-state index contributed by atoms with van der Waals surface area (Å²) in [6.45, 7) is 1.49. The van der Waals surface area contributed by atoms with Crippen molar-refractivity contribution in [3.05, 3.63) is 71.9 Å². The van der Waals surface area contributed by atoms with Gasteiger partial charge in [-0.25, -0.2) is 0 Å². The number of rotatable bonds is 4. The van der Waals surface area contributed by atoms with Crippen LogP contribution in [0.15, 0.2) is 60.8 Å². The summed E-state index contributed by atoms with van der Waals surface area (Å²) in [5.41, 5.74) is 3.00. The average Bonchev–Trinajstić information content (AvgIpc) is 3.27. The monoisotopic (exact) mass is 334 g/mol. The number of nitrogens with zero attached hydrogens (tertiary/aromatic N) is 2. The Morgan fingerprint density at radius 1 is 1.08 bits per heavy atom. The number of amides is 1. The van der Waals surface area contributed by atoms with Crippen molar-refractivity contribution in [2.24, 2.45) is 0 Å². The molecule has 4 nitrogen and oxygen atoms in total. The zero-order valence-electron chi connectivity index (χ0n) is 14.1. The van der Waals surface area contributed by atoms with Gasteiger partial charge in [0.2, 0.25) is 0 Å². The Bertz CT molecular complexity index is 885. The number of hydrogen-bond donors (Lipinski definition) is 1. The van der Waals surface area contributed by atoms with Crippen LogP contribution in [-0.4, -0.2) is 39.7 Å². The van der Waals surface area contributed by atoms with E-state index in [1.165, 1.54) is 5.56 Å². The van der Waals surface area contributed by atoms with E-state index in [1.807, 2.05) is 47.5 Å². The Kier molecular flexibility index (Phi) is 4.28. The summed E-state index contributed by atoms with van der Waals surface area (Å²) in [6.07, 6.45) is 3.80. The summed E-state index contributed by atoms with van der Waals surface area (Å²) in [7, 11) is 0. The number of para-hydroxylation sites is 1. The predicted octanol–water partition coefficient (Wildman–Crippen LogP) is 3.29. The second kappa shape index (κ2) is 6.73. The van der Waals surface area contributed by atoms with E-state index in [0.717, 1.165) is 42.4 Å². The molecule has 1 atom stereocenters. The maximum absolute atomic E-state index is 13.1. The minimum Gasteiger partial charge on any atom is -0.394 e. The molecular weight excluding hydrogens is 312 g/mol. The Hall–Kier alpha value is -2.59. The first kappa shape index (κ1) is 15.9. The fourth-order valence-electron chi connectivity index (χ4n) is 3.78. The molecule has 1 fully saturated rings. The number of aromatic nitrogens is 1. The van der Waals surface area contributed by atoms with E-state index in [9.17, 15) is 9.90 Å². The minimum atomic E-state index is -0.0521. The van der Waals surface area contributed by atoms with Gasteiger partial charge in [0, 0.05) is 30.2 Å². The van der Waals surface area contributed by atoms with Gasteiger partial charge in [-0.15, -0.1) is 0 Å². The molecule has 1 amide bonds. The van der Waals surface area contributed by atoms with Crippen LogP contribution < -0.4 is 0 Å². The molecule has 3 aromatic rings. The molecule has 0 saturated carbocycles. The number of carbonyl (C=O) groups excluding carboxylic acids is 1. The molecule has 1 aromatic heterocycles. The largest absolute Gasteiger partial charge is 0.394 e. The Morgan fingerprint density at radius 3 is 2.64 bits per heavy atom. The fraction of sp³-hybridized carbons (Fsp3) is 0.286. The zero-order valence-corrected chi connectivity index (χ0v) is 14.1. The van der Waals surface area contributed by atoms with Gasteiger partial charge in [-0.2, -0.15) is 0 Å². The summed E-state index contributed by atoms with van der Waals surface area (Å²) in [4.78, 5) is 14.9. The van der Waals surface area contributed by atoms with Crippen molar-refractivity contribution in [2.75, 3.05) is 13.2 Å².